The molecule has 0 aliphatic carbocycles. The van der Waals surface area contributed by atoms with Gasteiger partial charge in [-0.25, -0.2) is 0 Å². The Kier molecular flexibility index (Phi) is 4.18. The molecule has 0 aromatic heterocycles. The van der Waals surface area contributed by atoms with Crippen LogP contribution >= 0.6 is 0 Å². The number of amides is 1. The molecule has 2 aliphatic heterocycles. The molecule has 4 heteroatoms. The van der Waals surface area contributed by atoms with Crippen LogP contribution in [0.3, 0.4) is 0 Å². The van der Waals surface area contributed by atoms with E-state index in [4.69, 9.17) is 5.11 Å². The molecular weight excluding hydrogens is 204 g/mol. The van der Waals surface area contributed by atoms with Crippen LogP contribution in [0.25, 0.3) is 0 Å². The number of carbonyl (C=O) groups is 1. The zero-order valence-electron chi connectivity index (χ0n) is 9.90. The quantitative estimate of drug-likeness (QED) is 0.753. The molecule has 0 unspecified atom stereocenters. The van der Waals surface area contributed by atoms with E-state index in [2.05, 4.69) is 4.90 Å². The number of piperidine rings is 1. The number of hydrogen-bond donors (Lipinski definition) is 1. The Morgan fingerprint density at radius 1 is 1.12 bits per heavy atom. The molecule has 16 heavy (non-hydrogen) atoms. The molecule has 0 atom stereocenters. The van der Waals surface area contributed by atoms with E-state index >= 15 is 0 Å². The van der Waals surface area contributed by atoms with Crippen LogP contribution in [-0.2, 0) is 4.79 Å². The maximum Gasteiger partial charge on any atom is 0.236 e. The van der Waals surface area contributed by atoms with Crippen LogP contribution in [0.4, 0.5) is 0 Å². The van der Waals surface area contributed by atoms with Gasteiger partial charge in [0.2, 0.25) is 5.91 Å². The summed E-state index contributed by atoms with van der Waals surface area (Å²) in [6.07, 6.45) is 4.39. The van der Waals surface area contributed by atoms with Gasteiger partial charge in [0.25, 0.3) is 0 Å². The van der Waals surface area contributed by atoms with E-state index in [0.29, 0.717) is 25.0 Å². The first-order chi connectivity index (χ1) is 7.79. The van der Waals surface area contributed by atoms with E-state index in [9.17, 15) is 4.79 Å². The molecule has 1 amide bonds. The van der Waals surface area contributed by atoms with Gasteiger partial charge in [-0.2, -0.15) is 0 Å². The van der Waals surface area contributed by atoms with Crippen LogP contribution in [0.2, 0.25) is 0 Å². The molecule has 2 saturated heterocycles. The second kappa shape index (κ2) is 5.64. The number of carbonyl (C=O) groups excluding carboxylic acids is 1. The summed E-state index contributed by atoms with van der Waals surface area (Å²) in [5, 5.41) is 9.04. The minimum atomic E-state index is 0.292. The molecule has 4 nitrogen and oxygen atoms in total. The summed E-state index contributed by atoms with van der Waals surface area (Å²) >= 11 is 0. The minimum absolute atomic E-state index is 0.292. The average Bonchev–Trinajstić information content (AvgIpc) is 2.83. The predicted molar refractivity (Wildman–Crippen MR) is 62.1 cm³/mol. The van der Waals surface area contributed by atoms with Gasteiger partial charge in [-0.1, -0.05) is 0 Å². The monoisotopic (exact) mass is 226 g/mol. The number of likely N-dealkylation sites (tertiary alicyclic amines) is 2. The molecule has 0 spiro atoms. The van der Waals surface area contributed by atoms with Gasteiger partial charge in [0.15, 0.2) is 0 Å². The zero-order valence-corrected chi connectivity index (χ0v) is 9.90. The number of nitrogens with zero attached hydrogens (tertiary/aromatic N) is 2. The van der Waals surface area contributed by atoms with Crippen molar-refractivity contribution in [1.29, 1.82) is 0 Å². The van der Waals surface area contributed by atoms with Crippen molar-refractivity contribution in [1.82, 2.24) is 9.80 Å². The maximum atomic E-state index is 11.9. The summed E-state index contributed by atoms with van der Waals surface area (Å²) < 4.78 is 0. The first-order valence-corrected chi connectivity index (χ1v) is 6.40. The first kappa shape index (κ1) is 11.9. The minimum Gasteiger partial charge on any atom is -0.396 e. The normalized spacial score (nSPS) is 23.9. The average molecular weight is 226 g/mol. The van der Waals surface area contributed by atoms with Gasteiger partial charge in [-0.15, -0.1) is 0 Å². The molecular formula is C12H22N2O2. The van der Waals surface area contributed by atoms with Gasteiger partial charge >= 0.3 is 0 Å². The smallest absolute Gasteiger partial charge is 0.236 e. The van der Waals surface area contributed by atoms with Crippen LogP contribution < -0.4 is 0 Å². The number of aliphatic hydroxyl groups is 1. The van der Waals surface area contributed by atoms with E-state index in [1.807, 2.05) is 4.90 Å². The Morgan fingerprint density at radius 2 is 1.75 bits per heavy atom. The standard InChI is InChI=1S/C12H22N2O2/c15-10-11-3-7-13(8-4-11)9-12(16)14-5-1-2-6-14/h11,15H,1-10H2. The van der Waals surface area contributed by atoms with E-state index in [1.165, 1.54) is 12.8 Å². The van der Waals surface area contributed by atoms with Crippen molar-refractivity contribution in [3.05, 3.63) is 0 Å². The molecule has 0 aromatic rings. The van der Waals surface area contributed by atoms with Crippen molar-refractivity contribution in [2.45, 2.75) is 25.7 Å². The third-order valence-electron chi connectivity index (χ3n) is 3.78. The fourth-order valence-corrected chi connectivity index (χ4v) is 2.58. The number of aliphatic hydroxyl groups excluding tert-OH is 1. The molecule has 1 N–H and O–H groups in total. The fraction of sp³-hybridized carbons (Fsp3) is 0.917. The molecule has 0 radical (unpaired) electrons. The SMILES string of the molecule is O=C(CN1CCC(CO)CC1)N1CCCC1. The molecule has 0 bridgehead atoms. The van der Waals surface area contributed by atoms with E-state index in [1.54, 1.807) is 0 Å². The summed E-state index contributed by atoms with van der Waals surface area (Å²) in [5.41, 5.74) is 0. The summed E-state index contributed by atoms with van der Waals surface area (Å²) in [7, 11) is 0. The Labute approximate surface area is 97.2 Å². The van der Waals surface area contributed by atoms with Crippen molar-refractivity contribution < 1.29 is 9.90 Å². The maximum absolute atomic E-state index is 11.9. The number of rotatable bonds is 3. The van der Waals surface area contributed by atoms with Crippen molar-refractivity contribution >= 4 is 5.91 Å². The van der Waals surface area contributed by atoms with Crippen LogP contribution in [0.15, 0.2) is 0 Å². The lowest BCUT2D eigenvalue weighted by molar-refractivity contribution is -0.131. The van der Waals surface area contributed by atoms with E-state index < -0.39 is 0 Å². The van der Waals surface area contributed by atoms with Gasteiger partial charge in [0, 0.05) is 19.7 Å². The Hall–Kier alpha value is -0.610. The van der Waals surface area contributed by atoms with Gasteiger partial charge in [0.1, 0.15) is 0 Å². The van der Waals surface area contributed by atoms with E-state index in [0.717, 1.165) is 39.0 Å². The van der Waals surface area contributed by atoms with Gasteiger partial charge in [-0.3, -0.25) is 9.69 Å². The lowest BCUT2D eigenvalue weighted by Crippen LogP contribution is -2.42. The fourth-order valence-electron chi connectivity index (χ4n) is 2.58. The predicted octanol–water partition coefficient (Wildman–Crippen LogP) is 0.313. The van der Waals surface area contributed by atoms with Crippen LogP contribution in [0.1, 0.15) is 25.7 Å². The van der Waals surface area contributed by atoms with Crippen LogP contribution in [0, 0.1) is 5.92 Å². The Bertz CT molecular complexity index is 231. The third kappa shape index (κ3) is 2.95. The van der Waals surface area contributed by atoms with Gasteiger partial charge in [0.05, 0.1) is 6.54 Å². The van der Waals surface area contributed by atoms with Crippen molar-refractivity contribution in [3.8, 4) is 0 Å². The summed E-state index contributed by atoms with van der Waals surface area (Å²) in [4.78, 5) is 16.1. The summed E-state index contributed by atoms with van der Waals surface area (Å²) in [5.74, 6) is 0.748. The zero-order chi connectivity index (χ0) is 11.4. The van der Waals surface area contributed by atoms with Crippen molar-refractivity contribution in [2.24, 2.45) is 5.92 Å². The molecule has 92 valence electrons. The Morgan fingerprint density at radius 3 is 2.31 bits per heavy atom. The highest BCUT2D eigenvalue weighted by molar-refractivity contribution is 5.78. The molecule has 0 aromatic carbocycles. The lowest BCUT2D eigenvalue weighted by Gasteiger charge is -2.31. The molecule has 2 fully saturated rings. The second-order valence-electron chi connectivity index (χ2n) is 4.99. The van der Waals surface area contributed by atoms with Crippen LogP contribution in [-0.4, -0.2) is 60.1 Å². The largest absolute Gasteiger partial charge is 0.396 e. The number of hydrogen-bond acceptors (Lipinski definition) is 3. The molecule has 2 aliphatic rings. The Balaban J connectivity index is 1.71. The molecule has 2 heterocycles. The first-order valence-electron chi connectivity index (χ1n) is 6.40. The summed E-state index contributed by atoms with van der Waals surface area (Å²) in [6.45, 7) is 4.71. The highest BCUT2D eigenvalue weighted by atomic mass is 16.3. The van der Waals surface area contributed by atoms with E-state index in [-0.39, 0.29) is 0 Å². The second-order valence-corrected chi connectivity index (χ2v) is 4.99. The van der Waals surface area contributed by atoms with Crippen LogP contribution in [0.5, 0.6) is 0 Å². The third-order valence-corrected chi connectivity index (χ3v) is 3.78. The van der Waals surface area contributed by atoms with Gasteiger partial charge in [-0.05, 0) is 44.7 Å². The van der Waals surface area contributed by atoms with Crippen molar-refractivity contribution in [3.63, 3.8) is 0 Å². The van der Waals surface area contributed by atoms with Gasteiger partial charge < -0.3 is 10.0 Å². The highest BCUT2D eigenvalue weighted by Crippen LogP contribution is 2.16. The molecule has 0 saturated carbocycles. The highest BCUT2D eigenvalue weighted by Gasteiger charge is 2.23. The lowest BCUT2D eigenvalue weighted by atomic mass is 9.98. The van der Waals surface area contributed by atoms with Crippen molar-refractivity contribution in [2.75, 3.05) is 39.3 Å². The summed E-state index contributed by atoms with van der Waals surface area (Å²) in [6, 6.07) is 0. The topological polar surface area (TPSA) is 43.8 Å². The molecule has 2 rings (SSSR count).